The van der Waals surface area contributed by atoms with Crippen molar-refractivity contribution in [1.82, 2.24) is 0 Å². The van der Waals surface area contributed by atoms with Gasteiger partial charge >= 0.3 is 5.97 Å². The molecular formula is C26H25FN2O2. The average molecular weight is 416 g/mol. The minimum absolute atomic E-state index is 0.225. The molecule has 0 aliphatic carbocycles. The summed E-state index contributed by atoms with van der Waals surface area (Å²) in [6.07, 6.45) is 0.524. The number of benzene rings is 3. The second kappa shape index (κ2) is 9.90. The van der Waals surface area contributed by atoms with Crippen LogP contribution < -0.4 is 5.32 Å². The molecule has 1 atom stereocenters. The van der Waals surface area contributed by atoms with Crippen LogP contribution in [0, 0.1) is 17.2 Å². The van der Waals surface area contributed by atoms with Crippen molar-refractivity contribution in [3.05, 3.63) is 83.4 Å². The number of rotatable bonds is 8. The fraction of sp³-hybridized carbons (Fsp3) is 0.231. The van der Waals surface area contributed by atoms with Gasteiger partial charge in [-0.05, 0) is 71.0 Å². The Morgan fingerprint density at radius 1 is 1.00 bits per heavy atom. The summed E-state index contributed by atoms with van der Waals surface area (Å²) in [4.78, 5) is 12.0. The molecule has 0 aliphatic heterocycles. The van der Waals surface area contributed by atoms with Crippen LogP contribution in [0.5, 0.6) is 0 Å². The zero-order valence-electron chi connectivity index (χ0n) is 17.6. The van der Waals surface area contributed by atoms with Gasteiger partial charge < -0.3 is 10.4 Å². The van der Waals surface area contributed by atoms with Crippen molar-refractivity contribution in [2.75, 3.05) is 5.32 Å². The molecular weight excluding hydrogens is 391 g/mol. The Morgan fingerprint density at radius 2 is 1.68 bits per heavy atom. The smallest absolute Gasteiger partial charge is 0.310 e. The Labute approximate surface area is 182 Å². The lowest BCUT2D eigenvalue weighted by molar-refractivity contribution is -0.139. The minimum atomic E-state index is -0.858. The molecule has 0 bridgehead atoms. The number of anilines is 2. The predicted molar refractivity (Wildman–Crippen MR) is 121 cm³/mol. The molecule has 0 amide bonds. The van der Waals surface area contributed by atoms with E-state index in [0.717, 1.165) is 22.5 Å². The van der Waals surface area contributed by atoms with Gasteiger partial charge in [-0.15, -0.1) is 0 Å². The van der Waals surface area contributed by atoms with Crippen LogP contribution in [0.1, 0.15) is 42.9 Å². The topological polar surface area (TPSA) is 73.1 Å². The van der Waals surface area contributed by atoms with Crippen LogP contribution in [0.15, 0.2) is 66.7 Å². The Kier molecular flexibility index (Phi) is 7.04. The first kappa shape index (κ1) is 22.0. The zero-order valence-corrected chi connectivity index (χ0v) is 17.6. The molecule has 0 aliphatic rings. The summed E-state index contributed by atoms with van der Waals surface area (Å²) in [7, 11) is 0. The number of nitrogens with one attached hydrogen (secondary N) is 1. The molecule has 0 aromatic heterocycles. The molecule has 0 heterocycles. The molecule has 5 heteroatoms. The van der Waals surface area contributed by atoms with Crippen molar-refractivity contribution in [1.29, 1.82) is 5.26 Å². The van der Waals surface area contributed by atoms with Gasteiger partial charge in [0.1, 0.15) is 6.67 Å². The fourth-order valence-electron chi connectivity index (χ4n) is 3.52. The van der Waals surface area contributed by atoms with Gasteiger partial charge in [-0.25, -0.2) is 4.39 Å². The first-order valence-electron chi connectivity index (χ1n) is 10.2. The Hall–Kier alpha value is -3.65. The lowest BCUT2D eigenvalue weighted by atomic mass is 9.88. The molecule has 0 saturated heterocycles. The van der Waals surface area contributed by atoms with E-state index in [1.54, 1.807) is 24.3 Å². The predicted octanol–water partition coefficient (Wildman–Crippen LogP) is 6.65. The number of carboxylic acids is 1. The summed E-state index contributed by atoms with van der Waals surface area (Å²) in [6.45, 7) is 3.48. The second-order valence-corrected chi connectivity index (χ2v) is 8.01. The lowest BCUT2D eigenvalue weighted by Crippen LogP contribution is -2.14. The number of carbonyl (C=O) groups is 1. The highest BCUT2D eigenvalue weighted by Gasteiger charge is 2.22. The molecule has 31 heavy (non-hydrogen) atoms. The van der Waals surface area contributed by atoms with Gasteiger partial charge in [-0.2, -0.15) is 5.26 Å². The van der Waals surface area contributed by atoms with Gasteiger partial charge in [0.05, 0.1) is 17.6 Å². The Bertz CT molecular complexity index is 1080. The first-order valence-corrected chi connectivity index (χ1v) is 10.2. The summed E-state index contributed by atoms with van der Waals surface area (Å²) in [5, 5.41) is 22.2. The molecule has 0 saturated carbocycles. The quantitative estimate of drug-likeness (QED) is 0.431. The van der Waals surface area contributed by atoms with Crippen LogP contribution in [-0.4, -0.2) is 11.1 Å². The molecule has 2 N–H and O–H groups in total. The van der Waals surface area contributed by atoms with E-state index in [2.05, 4.69) is 11.4 Å². The van der Waals surface area contributed by atoms with E-state index in [1.165, 1.54) is 0 Å². The highest BCUT2D eigenvalue weighted by molar-refractivity contribution is 5.80. The van der Waals surface area contributed by atoms with Crippen molar-refractivity contribution >= 4 is 17.3 Å². The molecule has 158 valence electrons. The summed E-state index contributed by atoms with van der Waals surface area (Å²) < 4.78 is 12.9. The van der Waals surface area contributed by atoms with Gasteiger partial charge in [0.15, 0.2) is 0 Å². The summed E-state index contributed by atoms with van der Waals surface area (Å²) in [5.41, 5.74) is 5.16. The monoisotopic (exact) mass is 416 g/mol. The molecule has 4 nitrogen and oxygen atoms in total. The number of carboxylic acid groups (broad SMARTS) is 1. The van der Waals surface area contributed by atoms with E-state index < -0.39 is 18.6 Å². The third-order valence-corrected chi connectivity index (χ3v) is 5.11. The van der Waals surface area contributed by atoms with Gasteiger partial charge in [0, 0.05) is 11.4 Å². The maximum atomic E-state index is 12.9. The van der Waals surface area contributed by atoms with Crippen molar-refractivity contribution in [2.24, 2.45) is 5.92 Å². The standard InChI is InChI=1S/C26H25FN2O2/c1-17(2)11-25(26(30)31)22-12-21(20-7-3-18(15-27)4-8-20)13-24(14-22)29-23-9-5-19(16-28)6-10-23/h3-10,12-14,17,25,29H,11,15H2,1-2H3,(H,30,31). The highest BCUT2D eigenvalue weighted by atomic mass is 19.1. The van der Waals surface area contributed by atoms with Gasteiger partial charge in [-0.1, -0.05) is 44.2 Å². The summed E-state index contributed by atoms with van der Waals surface area (Å²) in [5.74, 6) is -1.27. The summed E-state index contributed by atoms with van der Waals surface area (Å²) in [6, 6.07) is 22.0. The second-order valence-electron chi connectivity index (χ2n) is 8.01. The maximum Gasteiger partial charge on any atom is 0.310 e. The maximum absolute atomic E-state index is 12.9. The number of hydrogen-bond acceptors (Lipinski definition) is 3. The van der Waals surface area contributed by atoms with Gasteiger partial charge in [0.25, 0.3) is 0 Å². The lowest BCUT2D eigenvalue weighted by Gasteiger charge is -2.18. The number of alkyl halides is 1. The molecule has 0 spiro atoms. The van der Waals surface area contributed by atoms with Crippen molar-refractivity contribution in [2.45, 2.75) is 32.9 Å². The number of halogens is 1. The van der Waals surface area contributed by atoms with Crippen LogP contribution in [0.4, 0.5) is 15.8 Å². The number of aliphatic carboxylic acids is 1. The van der Waals surface area contributed by atoms with E-state index in [4.69, 9.17) is 5.26 Å². The van der Waals surface area contributed by atoms with Gasteiger partial charge in [0.2, 0.25) is 0 Å². The third-order valence-electron chi connectivity index (χ3n) is 5.11. The van der Waals surface area contributed by atoms with Gasteiger partial charge in [-0.3, -0.25) is 4.79 Å². The van der Waals surface area contributed by atoms with Crippen LogP contribution >= 0.6 is 0 Å². The first-order chi connectivity index (χ1) is 14.9. The van der Waals surface area contributed by atoms with Crippen molar-refractivity contribution < 1.29 is 14.3 Å². The zero-order chi connectivity index (χ0) is 22.4. The van der Waals surface area contributed by atoms with Crippen LogP contribution in [0.3, 0.4) is 0 Å². The molecule has 0 radical (unpaired) electrons. The largest absolute Gasteiger partial charge is 0.481 e. The number of nitriles is 1. The van der Waals surface area contributed by atoms with E-state index in [9.17, 15) is 14.3 Å². The average Bonchev–Trinajstić information content (AvgIpc) is 2.77. The molecule has 3 aromatic carbocycles. The SMILES string of the molecule is CC(C)CC(C(=O)O)c1cc(Nc2ccc(C#N)cc2)cc(-c2ccc(CF)cc2)c1. The third kappa shape index (κ3) is 5.70. The van der Waals surface area contributed by atoms with Crippen LogP contribution in [0.2, 0.25) is 0 Å². The molecule has 3 rings (SSSR count). The van der Waals surface area contributed by atoms with E-state index in [1.807, 2.05) is 56.3 Å². The van der Waals surface area contributed by atoms with Crippen LogP contribution in [-0.2, 0) is 11.5 Å². The van der Waals surface area contributed by atoms with E-state index >= 15 is 0 Å². The van der Waals surface area contributed by atoms with E-state index in [-0.39, 0.29) is 5.92 Å². The molecule has 3 aromatic rings. The Morgan fingerprint density at radius 3 is 2.23 bits per heavy atom. The highest BCUT2D eigenvalue weighted by Crippen LogP contribution is 2.33. The van der Waals surface area contributed by atoms with E-state index in [0.29, 0.717) is 23.1 Å². The normalized spacial score (nSPS) is 11.7. The van der Waals surface area contributed by atoms with Crippen LogP contribution in [0.25, 0.3) is 11.1 Å². The van der Waals surface area contributed by atoms with Crippen molar-refractivity contribution in [3.63, 3.8) is 0 Å². The number of hydrogen-bond donors (Lipinski definition) is 2. The number of nitrogens with zero attached hydrogens (tertiary/aromatic N) is 1. The minimum Gasteiger partial charge on any atom is -0.481 e. The summed E-state index contributed by atoms with van der Waals surface area (Å²) >= 11 is 0. The molecule has 0 fully saturated rings. The Balaban J connectivity index is 2.05. The van der Waals surface area contributed by atoms with Crippen molar-refractivity contribution in [3.8, 4) is 17.2 Å². The molecule has 1 unspecified atom stereocenters. The fourth-order valence-corrected chi connectivity index (χ4v) is 3.52.